The normalized spacial score (nSPS) is 22.5. The van der Waals surface area contributed by atoms with E-state index >= 15 is 0 Å². The molecule has 6 heteroatoms. The Labute approximate surface area is 143 Å². The first kappa shape index (κ1) is 15.3. The molecule has 1 aliphatic carbocycles. The Balaban J connectivity index is 1.75. The molecule has 0 atom stereocenters. The molecule has 122 valence electrons. The van der Waals surface area contributed by atoms with Crippen LogP contribution < -0.4 is 5.73 Å². The second-order valence-electron chi connectivity index (χ2n) is 6.63. The van der Waals surface area contributed by atoms with Gasteiger partial charge in [-0.1, -0.05) is 33.2 Å². The van der Waals surface area contributed by atoms with Crippen LogP contribution in [0.5, 0.6) is 0 Å². The highest BCUT2D eigenvalue weighted by molar-refractivity contribution is 9.10. The van der Waals surface area contributed by atoms with Gasteiger partial charge in [0.15, 0.2) is 5.82 Å². The number of rotatable bonds is 3. The number of benzene rings is 1. The molecular formula is C17H20BrN3O2. The van der Waals surface area contributed by atoms with Gasteiger partial charge in [0.05, 0.1) is 11.0 Å². The molecule has 1 aliphatic heterocycles. The van der Waals surface area contributed by atoms with Crippen LogP contribution in [0.3, 0.4) is 0 Å². The van der Waals surface area contributed by atoms with E-state index in [9.17, 15) is 0 Å². The minimum Gasteiger partial charge on any atom is -0.381 e. The molecule has 0 radical (unpaired) electrons. The first-order valence-electron chi connectivity index (χ1n) is 8.10. The van der Waals surface area contributed by atoms with E-state index in [0.29, 0.717) is 24.9 Å². The van der Waals surface area contributed by atoms with Crippen LogP contribution >= 0.6 is 15.9 Å². The van der Waals surface area contributed by atoms with E-state index in [2.05, 4.69) is 45.4 Å². The fourth-order valence-electron chi connectivity index (χ4n) is 3.52. The highest BCUT2D eigenvalue weighted by Crippen LogP contribution is 2.43. The van der Waals surface area contributed by atoms with Crippen LogP contribution in [0.4, 0.5) is 0 Å². The van der Waals surface area contributed by atoms with Gasteiger partial charge in [-0.15, -0.1) is 0 Å². The zero-order chi connectivity index (χ0) is 15.9. The van der Waals surface area contributed by atoms with Gasteiger partial charge in [0.1, 0.15) is 0 Å². The van der Waals surface area contributed by atoms with E-state index in [1.807, 2.05) is 0 Å². The molecule has 1 aromatic carbocycles. The predicted molar refractivity (Wildman–Crippen MR) is 89.0 cm³/mol. The molecule has 2 aliphatic rings. The number of nitrogens with zero attached hydrogens (tertiary/aromatic N) is 2. The fraction of sp³-hybridized carbons (Fsp3) is 0.529. The maximum atomic E-state index is 6.35. The molecule has 23 heavy (non-hydrogen) atoms. The van der Waals surface area contributed by atoms with Crippen molar-refractivity contribution in [2.75, 3.05) is 13.2 Å². The molecule has 0 amide bonds. The lowest BCUT2D eigenvalue weighted by atomic mass is 9.73. The lowest BCUT2D eigenvalue weighted by Crippen LogP contribution is -2.44. The minimum atomic E-state index is -0.395. The maximum absolute atomic E-state index is 6.35. The second-order valence-corrected chi connectivity index (χ2v) is 7.55. The zero-order valence-corrected chi connectivity index (χ0v) is 14.5. The summed E-state index contributed by atoms with van der Waals surface area (Å²) in [6.07, 6.45) is 4.68. The second kappa shape index (κ2) is 5.69. The van der Waals surface area contributed by atoms with Crippen LogP contribution in [-0.4, -0.2) is 23.4 Å². The summed E-state index contributed by atoms with van der Waals surface area (Å²) in [5.74, 6) is 1.33. The van der Waals surface area contributed by atoms with Crippen LogP contribution in [0.2, 0.25) is 0 Å². The smallest absolute Gasteiger partial charge is 0.237 e. The SMILES string of the molecule is NC1(c2noc(C3(c4ccc(Br)cc4)CCOCC3)n2)CCC1. The zero-order valence-electron chi connectivity index (χ0n) is 12.9. The summed E-state index contributed by atoms with van der Waals surface area (Å²) in [7, 11) is 0. The van der Waals surface area contributed by atoms with Crippen molar-refractivity contribution in [1.29, 1.82) is 0 Å². The molecule has 1 saturated carbocycles. The standard InChI is InChI=1S/C17H20BrN3O2/c18-13-4-2-12(3-5-13)16(8-10-22-11-9-16)15-20-14(21-23-15)17(19)6-1-7-17/h2-5H,1,6-11,19H2. The number of nitrogens with two attached hydrogens (primary N) is 1. The summed E-state index contributed by atoms with van der Waals surface area (Å²) in [6, 6.07) is 8.36. The van der Waals surface area contributed by atoms with Crippen molar-refractivity contribution in [2.24, 2.45) is 5.73 Å². The summed E-state index contributed by atoms with van der Waals surface area (Å²) in [5.41, 5.74) is 6.88. The van der Waals surface area contributed by atoms with Gasteiger partial charge in [0.25, 0.3) is 0 Å². The maximum Gasteiger partial charge on any atom is 0.237 e. The molecule has 2 aromatic rings. The Bertz CT molecular complexity index is 688. The molecule has 0 spiro atoms. The molecule has 0 bridgehead atoms. The Kier molecular flexibility index (Phi) is 3.78. The molecule has 2 heterocycles. The van der Waals surface area contributed by atoms with E-state index in [1.54, 1.807) is 0 Å². The minimum absolute atomic E-state index is 0.274. The van der Waals surface area contributed by atoms with Crippen LogP contribution in [0.25, 0.3) is 0 Å². The lowest BCUT2D eigenvalue weighted by molar-refractivity contribution is 0.0523. The van der Waals surface area contributed by atoms with Crippen molar-refractivity contribution in [3.8, 4) is 0 Å². The van der Waals surface area contributed by atoms with E-state index in [1.165, 1.54) is 5.56 Å². The Morgan fingerprint density at radius 3 is 2.35 bits per heavy atom. The van der Waals surface area contributed by atoms with Crippen LogP contribution in [-0.2, 0) is 15.7 Å². The van der Waals surface area contributed by atoms with E-state index in [-0.39, 0.29) is 5.41 Å². The molecule has 2 N–H and O–H groups in total. The van der Waals surface area contributed by atoms with Crippen LogP contribution in [0.15, 0.2) is 33.3 Å². The van der Waals surface area contributed by atoms with Crippen molar-refractivity contribution in [2.45, 2.75) is 43.1 Å². The summed E-state index contributed by atoms with van der Waals surface area (Å²) < 4.78 is 12.3. The number of aromatic nitrogens is 2. The largest absolute Gasteiger partial charge is 0.381 e. The average Bonchev–Trinajstić information content (AvgIpc) is 3.05. The van der Waals surface area contributed by atoms with Crippen molar-refractivity contribution in [3.05, 3.63) is 46.0 Å². The van der Waals surface area contributed by atoms with Gasteiger partial charge in [-0.25, -0.2) is 0 Å². The number of hydrogen-bond donors (Lipinski definition) is 1. The molecular weight excluding hydrogens is 358 g/mol. The monoisotopic (exact) mass is 377 g/mol. The third-order valence-electron chi connectivity index (χ3n) is 5.27. The van der Waals surface area contributed by atoms with E-state index in [4.69, 9.17) is 20.0 Å². The summed E-state index contributed by atoms with van der Waals surface area (Å²) in [6.45, 7) is 1.39. The topological polar surface area (TPSA) is 74.2 Å². The van der Waals surface area contributed by atoms with Crippen molar-refractivity contribution < 1.29 is 9.26 Å². The average molecular weight is 378 g/mol. The van der Waals surface area contributed by atoms with Gasteiger partial charge >= 0.3 is 0 Å². The summed E-state index contributed by atoms with van der Waals surface area (Å²) >= 11 is 3.50. The van der Waals surface area contributed by atoms with Crippen molar-refractivity contribution in [1.82, 2.24) is 10.1 Å². The number of hydrogen-bond acceptors (Lipinski definition) is 5. The van der Waals surface area contributed by atoms with Gasteiger partial charge in [-0.05, 0) is 49.8 Å². The molecule has 2 fully saturated rings. The van der Waals surface area contributed by atoms with Gasteiger partial charge < -0.3 is 15.0 Å². The third kappa shape index (κ3) is 2.53. The van der Waals surface area contributed by atoms with Gasteiger partial charge in [-0.2, -0.15) is 4.98 Å². The quantitative estimate of drug-likeness (QED) is 0.888. The Hall–Kier alpha value is -1.24. The molecule has 1 aromatic heterocycles. The molecule has 4 rings (SSSR count). The van der Waals surface area contributed by atoms with Crippen LogP contribution in [0.1, 0.15) is 49.4 Å². The highest BCUT2D eigenvalue weighted by Gasteiger charge is 2.44. The third-order valence-corrected chi connectivity index (χ3v) is 5.80. The Morgan fingerprint density at radius 2 is 1.74 bits per heavy atom. The molecule has 1 saturated heterocycles. The lowest BCUT2D eigenvalue weighted by Gasteiger charge is -2.35. The van der Waals surface area contributed by atoms with Gasteiger partial charge in [0, 0.05) is 17.7 Å². The predicted octanol–water partition coefficient (Wildman–Crippen LogP) is 3.27. The molecule has 5 nitrogen and oxygen atoms in total. The number of ether oxygens (including phenoxy) is 1. The fourth-order valence-corrected chi connectivity index (χ4v) is 3.78. The first-order chi connectivity index (χ1) is 11.1. The Morgan fingerprint density at radius 1 is 1.04 bits per heavy atom. The van der Waals surface area contributed by atoms with E-state index < -0.39 is 5.54 Å². The van der Waals surface area contributed by atoms with Crippen LogP contribution in [0, 0.1) is 0 Å². The van der Waals surface area contributed by atoms with Gasteiger partial charge in [0.2, 0.25) is 5.89 Å². The number of halogens is 1. The summed E-state index contributed by atoms with van der Waals surface area (Å²) in [5, 5.41) is 4.21. The van der Waals surface area contributed by atoms with Gasteiger partial charge in [-0.3, -0.25) is 0 Å². The van der Waals surface area contributed by atoms with E-state index in [0.717, 1.165) is 36.6 Å². The summed E-state index contributed by atoms with van der Waals surface area (Å²) in [4.78, 5) is 4.73. The highest BCUT2D eigenvalue weighted by atomic mass is 79.9. The van der Waals surface area contributed by atoms with Crippen molar-refractivity contribution >= 4 is 15.9 Å². The molecule has 0 unspecified atom stereocenters. The first-order valence-corrected chi connectivity index (χ1v) is 8.89. The van der Waals surface area contributed by atoms with Crippen molar-refractivity contribution in [3.63, 3.8) is 0 Å².